The average Bonchev–Trinajstić information content (AvgIpc) is 2.62. The van der Waals surface area contributed by atoms with Crippen molar-refractivity contribution in [1.82, 2.24) is 14.6 Å². The van der Waals surface area contributed by atoms with E-state index in [0.717, 1.165) is 16.8 Å². The summed E-state index contributed by atoms with van der Waals surface area (Å²) >= 11 is 0. The van der Waals surface area contributed by atoms with Crippen LogP contribution in [-0.4, -0.2) is 44.3 Å². The third kappa shape index (κ3) is 5.64. The first-order chi connectivity index (χ1) is 12.3. The van der Waals surface area contributed by atoms with E-state index in [1.165, 1.54) is 0 Å². The van der Waals surface area contributed by atoms with E-state index in [2.05, 4.69) is 9.71 Å². The topological polar surface area (TPSA) is 79.4 Å². The number of amides is 1. The highest BCUT2D eigenvalue weighted by Crippen LogP contribution is 2.14. The number of aryl methyl sites for hydroxylation is 2. The Hall–Kier alpha value is -2.25. The van der Waals surface area contributed by atoms with Gasteiger partial charge in [-0.15, -0.1) is 0 Å². The van der Waals surface area contributed by atoms with Crippen molar-refractivity contribution in [1.29, 1.82) is 0 Å². The normalized spacial score (nSPS) is 11.3. The third-order valence-corrected chi connectivity index (χ3v) is 5.73. The van der Waals surface area contributed by atoms with Crippen LogP contribution in [-0.2, 0) is 21.2 Å². The number of rotatable bonds is 8. The summed E-state index contributed by atoms with van der Waals surface area (Å²) in [7, 11) is -1.90. The molecule has 6 nitrogen and oxygen atoms in total. The maximum Gasteiger partial charge on any atom is 0.240 e. The first-order valence-corrected chi connectivity index (χ1v) is 9.99. The lowest BCUT2D eigenvalue weighted by Gasteiger charge is -2.17. The first-order valence-electron chi connectivity index (χ1n) is 8.50. The number of carbonyl (C=O) groups is 1. The second kappa shape index (κ2) is 8.91. The Labute approximate surface area is 155 Å². The second-order valence-corrected chi connectivity index (χ2v) is 8.05. The molecule has 0 unspecified atom stereocenters. The van der Waals surface area contributed by atoms with Crippen molar-refractivity contribution in [2.75, 3.05) is 20.1 Å². The van der Waals surface area contributed by atoms with Gasteiger partial charge in [0.1, 0.15) is 0 Å². The lowest BCUT2D eigenvalue weighted by molar-refractivity contribution is -0.129. The summed E-state index contributed by atoms with van der Waals surface area (Å²) in [6, 6.07) is 10.7. The predicted molar refractivity (Wildman–Crippen MR) is 101 cm³/mol. The van der Waals surface area contributed by atoms with Crippen LogP contribution in [0.2, 0.25) is 0 Å². The smallest absolute Gasteiger partial charge is 0.240 e. The van der Waals surface area contributed by atoms with Crippen molar-refractivity contribution in [3.05, 3.63) is 59.4 Å². The Kier molecular flexibility index (Phi) is 6.88. The molecule has 0 aliphatic heterocycles. The molecule has 0 fully saturated rings. The van der Waals surface area contributed by atoms with E-state index in [9.17, 15) is 13.2 Å². The molecule has 140 valence electrons. The Morgan fingerprint density at radius 1 is 1.15 bits per heavy atom. The molecule has 2 aromatic rings. The van der Waals surface area contributed by atoms with E-state index in [-0.39, 0.29) is 23.8 Å². The fraction of sp³-hybridized carbons (Fsp3) is 0.368. The van der Waals surface area contributed by atoms with E-state index >= 15 is 0 Å². The molecule has 1 amide bonds. The second-order valence-electron chi connectivity index (χ2n) is 6.28. The molecule has 0 radical (unpaired) electrons. The predicted octanol–water partition coefficient (Wildman–Crippen LogP) is 2.07. The molecule has 26 heavy (non-hydrogen) atoms. The molecule has 0 saturated carbocycles. The zero-order valence-electron chi connectivity index (χ0n) is 15.4. The molecule has 0 aliphatic rings. The van der Waals surface area contributed by atoms with Gasteiger partial charge < -0.3 is 4.90 Å². The number of hydrogen-bond acceptors (Lipinski definition) is 4. The van der Waals surface area contributed by atoms with Crippen LogP contribution in [0.25, 0.3) is 0 Å². The van der Waals surface area contributed by atoms with E-state index in [1.807, 2.05) is 32.0 Å². The van der Waals surface area contributed by atoms with E-state index in [0.29, 0.717) is 13.0 Å². The molecule has 0 aliphatic carbocycles. The number of nitrogens with one attached hydrogen (secondary N) is 1. The molecule has 0 bridgehead atoms. The first kappa shape index (κ1) is 20.1. The maximum absolute atomic E-state index is 12.3. The zero-order valence-corrected chi connectivity index (χ0v) is 16.2. The number of pyridine rings is 1. The molecule has 0 spiro atoms. The average molecular weight is 375 g/mol. The zero-order chi connectivity index (χ0) is 19.2. The van der Waals surface area contributed by atoms with Crippen molar-refractivity contribution in [3.8, 4) is 0 Å². The third-order valence-electron chi connectivity index (χ3n) is 4.27. The molecule has 1 heterocycles. The highest BCUT2D eigenvalue weighted by atomic mass is 32.2. The fourth-order valence-electron chi connectivity index (χ4n) is 2.40. The van der Waals surface area contributed by atoms with Crippen LogP contribution >= 0.6 is 0 Å². The lowest BCUT2D eigenvalue weighted by Crippen LogP contribution is -2.33. The van der Waals surface area contributed by atoms with Crippen molar-refractivity contribution >= 4 is 15.9 Å². The van der Waals surface area contributed by atoms with Crippen LogP contribution in [0, 0.1) is 13.8 Å². The Morgan fingerprint density at radius 3 is 2.58 bits per heavy atom. The maximum atomic E-state index is 12.3. The van der Waals surface area contributed by atoms with Gasteiger partial charge in [-0.05, 0) is 49.2 Å². The Balaban J connectivity index is 1.82. The molecule has 1 aromatic carbocycles. The highest BCUT2D eigenvalue weighted by molar-refractivity contribution is 7.89. The van der Waals surface area contributed by atoms with Gasteiger partial charge in [0.15, 0.2) is 0 Å². The van der Waals surface area contributed by atoms with E-state index in [4.69, 9.17) is 0 Å². The minimum absolute atomic E-state index is 0.0714. The van der Waals surface area contributed by atoms with Crippen LogP contribution in [0.1, 0.15) is 23.2 Å². The Bertz CT molecular complexity index is 852. The molecular formula is C19H25N3O3S. The van der Waals surface area contributed by atoms with Crippen molar-refractivity contribution < 1.29 is 13.2 Å². The summed E-state index contributed by atoms with van der Waals surface area (Å²) in [6.07, 6.45) is 2.50. The number of likely N-dealkylation sites (N-methyl/N-ethyl adjacent to an activating group) is 1. The summed E-state index contributed by atoms with van der Waals surface area (Å²) in [5.41, 5.74) is 2.87. The van der Waals surface area contributed by atoms with Gasteiger partial charge in [-0.3, -0.25) is 9.78 Å². The van der Waals surface area contributed by atoms with Gasteiger partial charge in [0.25, 0.3) is 0 Å². The van der Waals surface area contributed by atoms with Crippen molar-refractivity contribution in [2.45, 2.75) is 31.6 Å². The lowest BCUT2D eigenvalue weighted by atomic mass is 10.1. The van der Waals surface area contributed by atoms with Gasteiger partial charge in [-0.2, -0.15) is 0 Å². The molecule has 1 N–H and O–H groups in total. The summed E-state index contributed by atoms with van der Waals surface area (Å²) in [5, 5.41) is 0. The van der Waals surface area contributed by atoms with Gasteiger partial charge in [-0.25, -0.2) is 13.1 Å². The summed E-state index contributed by atoms with van der Waals surface area (Å²) in [4.78, 5) is 18.2. The number of aromatic nitrogens is 1. The van der Waals surface area contributed by atoms with Crippen molar-refractivity contribution in [2.24, 2.45) is 0 Å². The standard InChI is InChI=1S/C19H25N3O3S/c1-15-7-8-18(14-16(15)2)26(24,25)21-12-9-19(23)22(3)13-10-17-6-4-5-11-20-17/h4-8,11,14,21H,9-10,12-13H2,1-3H3. The van der Waals surface area contributed by atoms with Crippen LogP contribution in [0.5, 0.6) is 0 Å². The quantitative estimate of drug-likeness (QED) is 0.766. The largest absolute Gasteiger partial charge is 0.345 e. The minimum Gasteiger partial charge on any atom is -0.345 e. The summed E-state index contributed by atoms with van der Waals surface area (Å²) in [5.74, 6) is -0.108. The monoisotopic (exact) mass is 375 g/mol. The molecule has 1 aromatic heterocycles. The highest BCUT2D eigenvalue weighted by Gasteiger charge is 2.16. The van der Waals surface area contributed by atoms with Gasteiger partial charge in [0.05, 0.1) is 4.90 Å². The molecule has 0 saturated heterocycles. The molecule has 7 heteroatoms. The minimum atomic E-state index is -3.61. The fourth-order valence-corrected chi connectivity index (χ4v) is 3.52. The van der Waals surface area contributed by atoms with Crippen LogP contribution < -0.4 is 4.72 Å². The number of benzene rings is 1. The number of sulfonamides is 1. The van der Waals surface area contributed by atoms with E-state index < -0.39 is 10.0 Å². The molecular weight excluding hydrogens is 350 g/mol. The van der Waals surface area contributed by atoms with Gasteiger partial charge in [0, 0.05) is 44.9 Å². The Morgan fingerprint density at radius 2 is 1.92 bits per heavy atom. The van der Waals surface area contributed by atoms with Crippen LogP contribution in [0.3, 0.4) is 0 Å². The SMILES string of the molecule is Cc1ccc(S(=O)(=O)NCCC(=O)N(C)CCc2ccccn2)cc1C. The summed E-state index contributed by atoms with van der Waals surface area (Å²) in [6.45, 7) is 4.41. The molecule has 2 rings (SSSR count). The van der Waals surface area contributed by atoms with Gasteiger partial charge in [-0.1, -0.05) is 12.1 Å². The number of hydrogen-bond donors (Lipinski definition) is 1. The van der Waals surface area contributed by atoms with E-state index in [1.54, 1.807) is 36.3 Å². The number of carbonyl (C=O) groups excluding carboxylic acids is 1. The van der Waals surface area contributed by atoms with Gasteiger partial charge in [0.2, 0.25) is 15.9 Å². The van der Waals surface area contributed by atoms with Crippen molar-refractivity contribution in [3.63, 3.8) is 0 Å². The number of nitrogens with zero attached hydrogens (tertiary/aromatic N) is 2. The molecule has 0 atom stereocenters. The summed E-state index contributed by atoms with van der Waals surface area (Å²) < 4.78 is 27.1. The van der Waals surface area contributed by atoms with Gasteiger partial charge >= 0.3 is 0 Å². The van der Waals surface area contributed by atoms with Crippen LogP contribution in [0.15, 0.2) is 47.5 Å². The van der Waals surface area contributed by atoms with Crippen LogP contribution in [0.4, 0.5) is 0 Å².